The molecule has 0 radical (unpaired) electrons. The molecule has 5 rings (SSSR count). The molecule has 2 aromatic carbocycles. The van der Waals surface area contributed by atoms with Crippen LogP contribution in [0.4, 0.5) is 24.5 Å². The van der Waals surface area contributed by atoms with Gasteiger partial charge >= 0.3 is 6.18 Å². The molecular formula is C27H29F3N2O. The molecule has 1 aliphatic carbocycles. The van der Waals surface area contributed by atoms with E-state index in [1.165, 1.54) is 17.7 Å². The number of anilines is 2. The molecule has 2 N–H and O–H groups in total. The highest BCUT2D eigenvalue weighted by molar-refractivity contribution is 5.58. The quantitative estimate of drug-likeness (QED) is 0.528. The number of ether oxygens (including phenoxy) is 1. The van der Waals surface area contributed by atoms with Crippen LogP contribution in [-0.4, -0.2) is 18.7 Å². The summed E-state index contributed by atoms with van der Waals surface area (Å²) >= 11 is 0. The highest BCUT2D eigenvalue weighted by Gasteiger charge is 2.44. The second-order valence-electron chi connectivity index (χ2n) is 9.35. The first-order valence-electron chi connectivity index (χ1n) is 11.7. The van der Waals surface area contributed by atoms with Crippen molar-refractivity contribution in [2.45, 2.75) is 50.6 Å². The number of alkyl halides is 3. The average Bonchev–Trinajstić information content (AvgIpc) is 2.82. The summed E-state index contributed by atoms with van der Waals surface area (Å²) < 4.78 is 47.0. The van der Waals surface area contributed by atoms with E-state index in [-0.39, 0.29) is 24.2 Å². The third-order valence-electron chi connectivity index (χ3n) is 7.08. The smallest absolute Gasteiger partial charge is 0.382 e. The van der Waals surface area contributed by atoms with E-state index >= 15 is 0 Å². The van der Waals surface area contributed by atoms with Crippen LogP contribution >= 0.6 is 0 Å². The molecule has 33 heavy (non-hydrogen) atoms. The Morgan fingerprint density at radius 1 is 1.06 bits per heavy atom. The second-order valence-corrected chi connectivity index (χ2v) is 9.35. The van der Waals surface area contributed by atoms with E-state index < -0.39 is 11.7 Å². The minimum atomic E-state index is -4.38. The maximum Gasteiger partial charge on any atom is 0.416 e. The van der Waals surface area contributed by atoms with Crippen molar-refractivity contribution in [1.82, 2.24) is 0 Å². The molecule has 0 bridgehead atoms. The van der Waals surface area contributed by atoms with Gasteiger partial charge in [-0.05, 0) is 56.5 Å². The van der Waals surface area contributed by atoms with Crippen molar-refractivity contribution in [3.8, 4) is 0 Å². The van der Waals surface area contributed by atoms with Gasteiger partial charge in [-0.3, -0.25) is 0 Å². The lowest BCUT2D eigenvalue weighted by Crippen LogP contribution is -2.47. The van der Waals surface area contributed by atoms with Crippen LogP contribution < -0.4 is 10.6 Å². The highest BCUT2D eigenvalue weighted by Crippen LogP contribution is 2.49. The standard InChI is InChI=1S/C27H29F3N2O/c1-17-7-10-20(11-8-17)31-16-21-12-13-22-25(18-5-3-2-4-6-18)32-24-14-9-19(27(28,29)30)15-23(24)26(22)33-21/h2-5,7-11,14-15,18,21-22,25-26,31-32H,6,12-13,16H2,1H3/t18?,21-,22+,25+,26+/m1/s1. The van der Waals surface area contributed by atoms with Gasteiger partial charge in [-0.2, -0.15) is 13.2 Å². The maximum atomic E-state index is 13.5. The maximum absolute atomic E-state index is 13.5. The third kappa shape index (κ3) is 4.67. The monoisotopic (exact) mass is 454 g/mol. The van der Waals surface area contributed by atoms with Crippen molar-refractivity contribution in [3.05, 3.63) is 83.5 Å². The molecule has 3 nitrogen and oxygen atoms in total. The number of fused-ring (bicyclic) bond motifs is 3. The number of benzene rings is 2. The molecule has 2 aliphatic heterocycles. The zero-order valence-corrected chi connectivity index (χ0v) is 18.6. The van der Waals surface area contributed by atoms with Crippen LogP contribution in [0.5, 0.6) is 0 Å². The van der Waals surface area contributed by atoms with Crippen molar-refractivity contribution < 1.29 is 17.9 Å². The summed E-state index contributed by atoms with van der Waals surface area (Å²) in [6, 6.07) is 12.3. The van der Waals surface area contributed by atoms with Gasteiger partial charge in [0, 0.05) is 41.4 Å². The Hall–Kier alpha value is -2.73. The first-order chi connectivity index (χ1) is 15.9. The molecule has 2 heterocycles. The number of hydrogen-bond donors (Lipinski definition) is 2. The van der Waals surface area contributed by atoms with Crippen LogP contribution in [-0.2, 0) is 10.9 Å². The van der Waals surface area contributed by atoms with Crippen molar-refractivity contribution in [2.24, 2.45) is 11.8 Å². The lowest BCUT2D eigenvalue weighted by molar-refractivity contribution is -0.138. The van der Waals surface area contributed by atoms with Crippen LogP contribution in [0.3, 0.4) is 0 Å². The summed E-state index contributed by atoms with van der Waals surface area (Å²) in [5.41, 5.74) is 2.98. The van der Waals surface area contributed by atoms with E-state index in [2.05, 4.69) is 41.0 Å². The summed E-state index contributed by atoms with van der Waals surface area (Å²) in [5, 5.41) is 7.00. The Morgan fingerprint density at radius 3 is 2.61 bits per heavy atom. The largest absolute Gasteiger partial charge is 0.416 e. The summed E-state index contributed by atoms with van der Waals surface area (Å²) in [4.78, 5) is 0. The minimum Gasteiger partial charge on any atom is -0.382 e. The Morgan fingerprint density at radius 2 is 1.88 bits per heavy atom. The van der Waals surface area contributed by atoms with Crippen LogP contribution in [0.15, 0.2) is 66.8 Å². The number of rotatable bonds is 4. The molecule has 6 heteroatoms. The van der Waals surface area contributed by atoms with Crippen LogP contribution in [0.25, 0.3) is 0 Å². The number of nitrogens with one attached hydrogen (secondary N) is 2. The zero-order chi connectivity index (χ0) is 23.0. The number of hydrogen-bond acceptors (Lipinski definition) is 3. The predicted molar refractivity (Wildman–Crippen MR) is 125 cm³/mol. The first kappa shape index (κ1) is 22.1. The van der Waals surface area contributed by atoms with Gasteiger partial charge in [0.05, 0.1) is 17.8 Å². The van der Waals surface area contributed by atoms with Gasteiger partial charge in [-0.15, -0.1) is 0 Å². The van der Waals surface area contributed by atoms with Gasteiger partial charge in [0.15, 0.2) is 0 Å². The van der Waals surface area contributed by atoms with Crippen LogP contribution in [0, 0.1) is 18.8 Å². The third-order valence-corrected chi connectivity index (χ3v) is 7.08. The summed E-state index contributed by atoms with van der Waals surface area (Å²) in [6.07, 6.45) is 6.38. The normalized spacial score (nSPS) is 28.5. The summed E-state index contributed by atoms with van der Waals surface area (Å²) in [6.45, 7) is 2.68. The summed E-state index contributed by atoms with van der Waals surface area (Å²) in [7, 11) is 0. The molecular weight excluding hydrogens is 425 g/mol. The Bertz CT molecular complexity index is 1040. The fraction of sp³-hybridized carbons (Fsp3) is 0.407. The van der Waals surface area contributed by atoms with E-state index in [1.807, 2.05) is 25.1 Å². The molecule has 1 saturated heterocycles. The Labute approximate surface area is 192 Å². The van der Waals surface area contributed by atoms with Crippen LogP contribution in [0.2, 0.25) is 0 Å². The summed E-state index contributed by atoms with van der Waals surface area (Å²) in [5.74, 6) is 0.418. The fourth-order valence-corrected chi connectivity index (χ4v) is 5.31. The van der Waals surface area contributed by atoms with Gasteiger partial charge in [0.2, 0.25) is 0 Å². The minimum absolute atomic E-state index is 0.0597. The van der Waals surface area contributed by atoms with Gasteiger partial charge in [-0.25, -0.2) is 0 Å². The van der Waals surface area contributed by atoms with Gasteiger partial charge in [0.25, 0.3) is 0 Å². The predicted octanol–water partition coefficient (Wildman–Crippen LogP) is 6.89. The zero-order valence-electron chi connectivity index (χ0n) is 18.6. The van der Waals surface area contributed by atoms with E-state index in [1.54, 1.807) is 6.07 Å². The number of allylic oxidation sites excluding steroid dienone is 3. The molecule has 174 valence electrons. The van der Waals surface area contributed by atoms with Gasteiger partial charge in [-0.1, -0.05) is 42.0 Å². The Balaban J connectivity index is 1.40. The second kappa shape index (κ2) is 8.90. The van der Waals surface area contributed by atoms with Crippen molar-refractivity contribution in [1.29, 1.82) is 0 Å². The first-order valence-corrected chi connectivity index (χ1v) is 11.7. The number of halogens is 3. The molecule has 0 saturated carbocycles. The molecule has 1 unspecified atom stereocenters. The molecule has 5 atom stereocenters. The van der Waals surface area contributed by atoms with E-state index in [0.717, 1.165) is 30.6 Å². The molecule has 2 aromatic rings. The Kier molecular flexibility index (Phi) is 5.95. The van der Waals surface area contributed by atoms with Gasteiger partial charge in [0.1, 0.15) is 0 Å². The van der Waals surface area contributed by atoms with Crippen molar-refractivity contribution >= 4 is 11.4 Å². The molecule has 0 spiro atoms. The average molecular weight is 455 g/mol. The lowest BCUT2D eigenvalue weighted by atomic mass is 9.73. The van der Waals surface area contributed by atoms with E-state index in [9.17, 15) is 13.2 Å². The molecule has 0 aromatic heterocycles. The molecule has 3 aliphatic rings. The fourth-order valence-electron chi connectivity index (χ4n) is 5.31. The highest BCUT2D eigenvalue weighted by atomic mass is 19.4. The lowest BCUT2D eigenvalue weighted by Gasteiger charge is -2.47. The number of aryl methyl sites for hydroxylation is 1. The molecule has 0 amide bonds. The van der Waals surface area contributed by atoms with Crippen molar-refractivity contribution in [2.75, 3.05) is 17.2 Å². The van der Waals surface area contributed by atoms with E-state index in [0.29, 0.717) is 18.0 Å². The topological polar surface area (TPSA) is 33.3 Å². The SMILES string of the molecule is Cc1ccc(NC[C@H]2CC[C@@H]3[C@H](O2)c2cc(C(F)(F)F)ccc2N[C@H]3C2C=CC=CC2)cc1. The molecule has 1 fully saturated rings. The van der Waals surface area contributed by atoms with E-state index in [4.69, 9.17) is 4.74 Å². The van der Waals surface area contributed by atoms with Crippen molar-refractivity contribution in [3.63, 3.8) is 0 Å². The van der Waals surface area contributed by atoms with Crippen LogP contribution in [0.1, 0.15) is 42.1 Å². The van der Waals surface area contributed by atoms with Gasteiger partial charge < -0.3 is 15.4 Å².